The number of rotatable bonds is 7. The van der Waals surface area contributed by atoms with Gasteiger partial charge in [0, 0.05) is 6.54 Å². The van der Waals surface area contributed by atoms with Gasteiger partial charge in [-0.05, 0) is 30.0 Å². The Morgan fingerprint density at radius 3 is 2.75 bits per heavy atom. The molecule has 1 aromatic rings. The average molecular weight is 354 g/mol. The molecule has 0 unspecified atom stereocenters. The van der Waals surface area contributed by atoms with E-state index in [4.69, 9.17) is 5.73 Å². The van der Waals surface area contributed by atoms with E-state index in [1.165, 1.54) is 10.9 Å². The second kappa shape index (κ2) is 7.09. The summed E-state index contributed by atoms with van der Waals surface area (Å²) in [5.41, 5.74) is 4.80. The van der Waals surface area contributed by atoms with Gasteiger partial charge in [-0.1, -0.05) is 0 Å². The van der Waals surface area contributed by atoms with Crippen LogP contribution < -0.4 is 16.6 Å². The number of hydrogen-bond donors (Lipinski definition) is 2. The number of hydrogen-bond acceptors (Lipinski definition) is 5. The zero-order valence-corrected chi connectivity index (χ0v) is 13.0. The van der Waals surface area contributed by atoms with E-state index in [1.54, 1.807) is 0 Å². The SMILES string of the molecule is CN(C)CCn1ncc(NCC(F)(F)CN)c(Br)c1=O. The molecule has 0 amide bonds. The summed E-state index contributed by atoms with van der Waals surface area (Å²) in [5.74, 6) is -3.03. The Morgan fingerprint density at radius 1 is 1.55 bits per heavy atom. The first-order chi connectivity index (χ1) is 9.26. The first-order valence-electron chi connectivity index (χ1n) is 5.99. The number of halogens is 3. The highest BCUT2D eigenvalue weighted by Gasteiger charge is 2.26. The summed E-state index contributed by atoms with van der Waals surface area (Å²) in [7, 11) is 3.76. The lowest BCUT2D eigenvalue weighted by Crippen LogP contribution is -2.36. The molecule has 1 aromatic heterocycles. The summed E-state index contributed by atoms with van der Waals surface area (Å²) < 4.78 is 27.5. The fraction of sp³-hybridized carbons (Fsp3) is 0.636. The summed E-state index contributed by atoms with van der Waals surface area (Å²) in [6, 6.07) is 0. The predicted molar refractivity (Wildman–Crippen MR) is 77.2 cm³/mol. The number of nitrogens with one attached hydrogen (secondary N) is 1. The van der Waals surface area contributed by atoms with Crippen LogP contribution in [-0.4, -0.2) is 54.3 Å². The van der Waals surface area contributed by atoms with E-state index >= 15 is 0 Å². The third kappa shape index (κ3) is 4.80. The third-order valence-corrected chi connectivity index (χ3v) is 3.35. The van der Waals surface area contributed by atoms with Crippen LogP contribution in [0.25, 0.3) is 0 Å². The molecule has 0 fully saturated rings. The predicted octanol–water partition coefficient (Wildman–Crippen LogP) is 0.573. The van der Waals surface area contributed by atoms with Crippen molar-refractivity contribution in [3.8, 4) is 0 Å². The molecule has 0 radical (unpaired) electrons. The van der Waals surface area contributed by atoms with Gasteiger partial charge >= 0.3 is 0 Å². The number of nitrogens with two attached hydrogens (primary N) is 1. The molecule has 6 nitrogen and oxygen atoms in total. The van der Waals surface area contributed by atoms with Crippen LogP contribution in [0.1, 0.15) is 0 Å². The molecule has 0 aromatic carbocycles. The Labute approximate surface area is 124 Å². The van der Waals surface area contributed by atoms with Crippen molar-refractivity contribution in [2.45, 2.75) is 12.5 Å². The summed E-state index contributed by atoms with van der Waals surface area (Å²) >= 11 is 3.10. The molecule has 0 saturated carbocycles. The van der Waals surface area contributed by atoms with Crippen LogP contribution >= 0.6 is 15.9 Å². The van der Waals surface area contributed by atoms with Gasteiger partial charge in [-0.3, -0.25) is 4.79 Å². The van der Waals surface area contributed by atoms with Gasteiger partial charge in [0.2, 0.25) is 0 Å². The van der Waals surface area contributed by atoms with Gasteiger partial charge < -0.3 is 16.0 Å². The van der Waals surface area contributed by atoms with Gasteiger partial charge in [0.25, 0.3) is 11.5 Å². The van der Waals surface area contributed by atoms with Crippen molar-refractivity contribution < 1.29 is 8.78 Å². The standard InChI is InChI=1S/C11H18BrF2N5O/c1-18(2)3-4-19-10(20)9(12)8(5-17-19)16-7-11(13,14)6-15/h5,16H,3-4,6-7,15H2,1-2H3. The van der Waals surface area contributed by atoms with Crippen molar-refractivity contribution in [2.75, 3.05) is 39.0 Å². The fourth-order valence-electron chi connectivity index (χ4n) is 1.34. The Morgan fingerprint density at radius 2 is 2.20 bits per heavy atom. The number of alkyl halides is 2. The minimum Gasteiger partial charge on any atom is -0.377 e. The molecule has 0 aliphatic heterocycles. The summed E-state index contributed by atoms with van der Waals surface area (Å²) in [6.45, 7) is -0.336. The molecule has 0 spiro atoms. The lowest BCUT2D eigenvalue weighted by Gasteiger charge is -2.16. The van der Waals surface area contributed by atoms with Crippen molar-refractivity contribution in [1.82, 2.24) is 14.7 Å². The van der Waals surface area contributed by atoms with E-state index in [2.05, 4.69) is 26.3 Å². The van der Waals surface area contributed by atoms with E-state index in [0.29, 0.717) is 13.1 Å². The maximum atomic E-state index is 13.0. The molecule has 3 N–H and O–H groups in total. The second-order valence-electron chi connectivity index (χ2n) is 4.62. The molecular weight excluding hydrogens is 336 g/mol. The molecule has 0 atom stereocenters. The third-order valence-electron chi connectivity index (χ3n) is 2.58. The first-order valence-corrected chi connectivity index (χ1v) is 6.78. The van der Waals surface area contributed by atoms with Gasteiger partial charge in [-0.2, -0.15) is 5.10 Å². The van der Waals surface area contributed by atoms with E-state index in [-0.39, 0.29) is 15.7 Å². The monoisotopic (exact) mass is 353 g/mol. The number of nitrogens with zero attached hydrogens (tertiary/aromatic N) is 3. The molecule has 1 rings (SSSR count). The van der Waals surface area contributed by atoms with Gasteiger partial charge in [0.1, 0.15) is 4.47 Å². The molecule has 1 heterocycles. The fourth-order valence-corrected chi connectivity index (χ4v) is 1.79. The largest absolute Gasteiger partial charge is 0.377 e. The Balaban J connectivity index is 2.81. The normalized spacial score (nSPS) is 11.9. The van der Waals surface area contributed by atoms with Crippen LogP contribution in [0.15, 0.2) is 15.5 Å². The maximum Gasteiger partial charge on any atom is 0.283 e. The Bertz CT molecular complexity index is 506. The van der Waals surface area contributed by atoms with Crippen molar-refractivity contribution in [3.05, 3.63) is 21.0 Å². The molecule has 0 aliphatic carbocycles. The zero-order chi connectivity index (χ0) is 15.3. The van der Waals surface area contributed by atoms with E-state index in [0.717, 1.165) is 0 Å². The minimum atomic E-state index is -3.03. The molecule has 114 valence electrons. The second-order valence-corrected chi connectivity index (χ2v) is 5.41. The molecule has 0 aliphatic rings. The van der Waals surface area contributed by atoms with Crippen molar-refractivity contribution in [1.29, 1.82) is 0 Å². The Kier molecular flexibility index (Phi) is 6.03. The topological polar surface area (TPSA) is 76.2 Å². The van der Waals surface area contributed by atoms with E-state index < -0.39 is 19.0 Å². The molecular formula is C11H18BrF2N5O. The Hall–Kier alpha value is -1.06. The van der Waals surface area contributed by atoms with Crippen LogP contribution in [-0.2, 0) is 6.54 Å². The van der Waals surface area contributed by atoms with Crippen molar-refractivity contribution in [3.63, 3.8) is 0 Å². The first kappa shape index (κ1) is 17.0. The summed E-state index contributed by atoms with van der Waals surface area (Å²) in [5, 5.41) is 6.42. The smallest absolute Gasteiger partial charge is 0.283 e. The van der Waals surface area contributed by atoms with Crippen LogP contribution in [0.3, 0.4) is 0 Å². The quantitative estimate of drug-likeness (QED) is 0.749. The average Bonchev–Trinajstić information content (AvgIpc) is 2.39. The van der Waals surface area contributed by atoms with Gasteiger partial charge in [-0.25, -0.2) is 13.5 Å². The van der Waals surface area contributed by atoms with Gasteiger partial charge in [0.15, 0.2) is 0 Å². The number of aromatic nitrogens is 2. The number of anilines is 1. The van der Waals surface area contributed by atoms with Crippen molar-refractivity contribution >= 4 is 21.6 Å². The van der Waals surface area contributed by atoms with Crippen molar-refractivity contribution in [2.24, 2.45) is 5.73 Å². The molecule has 9 heteroatoms. The minimum absolute atomic E-state index is 0.180. The maximum absolute atomic E-state index is 13.0. The van der Waals surface area contributed by atoms with Gasteiger partial charge in [-0.15, -0.1) is 0 Å². The summed E-state index contributed by atoms with van der Waals surface area (Å²) in [4.78, 5) is 13.9. The molecule has 0 saturated heterocycles. The lowest BCUT2D eigenvalue weighted by atomic mass is 10.3. The van der Waals surface area contributed by atoms with Crippen LogP contribution in [0.4, 0.5) is 14.5 Å². The van der Waals surface area contributed by atoms with E-state index in [1.807, 2.05) is 19.0 Å². The van der Waals surface area contributed by atoms with Crippen LogP contribution in [0.2, 0.25) is 0 Å². The van der Waals surface area contributed by atoms with Crippen LogP contribution in [0, 0.1) is 0 Å². The number of likely N-dealkylation sites (N-methyl/N-ethyl adjacent to an activating group) is 1. The van der Waals surface area contributed by atoms with E-state index in [9.17, 15) is 13.6 Å². The summed E-state index contributed by atoms with van der Waals surface area (Å²) in [6.07, 6.45) is 1.34. The zero-order valence-electron chi connectivity index (χ0n) is 11.4. The highest BCUT2D eigenvalue weighted by molar-refractivity contribution is 9.10. The highest BCUT2D eigenvalue weighted by atomic mass is 79.9. The highest BCUT2D eigenvalue weighted by Crippen LogP contribution is 2.19. The van der Waals surface area contributed by atoms with Crippen LogP contribution in [0.5, 0.6) is 0 Å². The molecule has 20 heavy (non-hydrogen) atoms. The molecule has 0 bridgehead atoms. The van der Waals surface area contributed by atoms with Gasteiger partial charge in [0.05, 0.1) is 31.5 Å². The lowest BCUT2D eigenvalue weighted by molar-refractivity contribution is 0.0253.